The summed E-state index contributed by atoms with van der Waals surface area (Å²) in [6.45, 7) is 2.74. The molecule has 3 heterocycles. The highest BCUT2D eigenvalue weighted by atomic mass is 16.6. The van der Waals surface area contributed by atoms with E-state index >= 15 is 0 Å². The van der Waals surface area contributed by atoms with Crippen molar-refractivity contribution in [3.63, 3.8) is 0 Å². The Morgan fingerprint density at radius 1 is 0.966 bits per heavy atom. The van der Waals surface area contributed by atoms with Gasteiger partial charge in [-0.3, -0.25) is 4.79 Å². The maximum Gasteiger partial charge on any atom is 0.255 e. The topological polar surface area (TPSA) is 63.7 Å². The van der Waals surface area contributed by atoms with Crippen LogP contribution in [0.25, 0.3) is 0 Å². The number of amides is 1. The summed E-state index contributed by atoms with van der Waals surface area (Å²) in [4.78, 5) is 19.5. The second kappa shape index (κ2) is 7.47. The maximum absolute atomic E-state index is 12.8. The van der Waals surface area contributed by atoms with Crippen molar-refractivity contribution in [2.45, 2.75) is 13.0 Å². The molecular weight excluding hydrogens is 366 g/mol. The van der Waals surface area contributed by atoms with Crippen LogP contribution in [0.1, 0.15) is 21.5 Å². The molecule has 6 nitrogen and oxygen atoms in total. The third kappa shape index (κ3) is 3.61. The summed E-state index contributed by atoms with van der Waals surface area (Å²) in [5.74, 6) is 1.99. The highest BCUT2D eigenvalue weighted by Gasteiger charge is 2.19. The fourth-order valence-electron chi connectivity index (χ4n) is 3.75. The van der Waals surface area contributed by atoms with Crippen molar-refractivity contribution in [2.75, 3.05) is 30.0 Å². The minimum atomic E-state index is -0.178. The van der Waals surface area contributed by atoms with Crippen LogP contribution >= 0.6 is 0 Å². The Labute approximate surface area is 169 Å². The SMILES string of the molecule is O=C(Nc1ccc2c(c1)OCCO2)c1ccnc(N2CCc3ccccc3C2)c1. The van der Waals surface area contributed by atoms with Gasteiger partial charge >= 0.3 is 0 Å². The van der Waals surface area contributed by atoms with Crippen LogP contribution in [-0.2, 0) is 13.0 Å². The van der Waals surface area contributed by atoms with Crippen LogP contribution in [-0.4, -0.2) is 30.6 Å². The van der Waals surface area contributed by atoms with Crippen molar-refractivity contribution in [2.24, 2.45) is 0 Å². The Kier molecular flexibility index (Phi) is 4.52. The van der Waals surface area contributed by atoms with Crippen LogP contribution in [0.4, 0.5) is 11.5 Å². The smallest absolute Gasteiger partial charge is 0.255 e. The first-order valence-corrected chi connectivity index (χ1v) is 9.75. The first kappa shape index (κ1) is 17.6. The number of ether oxygens (including phenoxy) is 2. The molecule has 0 saturated heterocycles. The molecule has 0 unspecified atom stereocenters. The van der Waals surface area contributed by atoms with Crippen LogP contribution in [0.3, 0.4) is 0 Å². The molecule has 1 N–H and O–H groups in total. The lowest BCUT2D eigenvalue weighted by molar-refractivity contribution is 0.102. The fraction of sp³-hybridized carbons (Fsp3) is 0.217. The largest absolute Gasteiger partial charge is 0.486 e. The number of fused-ring (bicyclic) bond motifs is 2. The van der Waals surface area contributed by atoms with Crippen molar-refractivity contribution < 1.29 is 14.3 Å². The number of anilines is 2. The van der Waals surface area contributed by atoms with Crippen molar-refractivity contribution in [3.05, 3.63) is 77.5 Å². The molecule has 2 aliphatic heterocycles. The van der Waals surface area contributed by atoms with E-state index in [4.69, 9.17) is 9.47 Å². The Hall–Kier alpha value is -3.54. The summed E-state index contributed by atoms with van der Waals surface area (Å²) in [7, 11) is 0. The molecule has 3 aromatic rings. The molecule has 1 amide bonds. The molecule has 2 aliphatic rings. The summed E-state index contributed by atoms with van der Waals surface area (Å²) in [5.41, 5.74) is 3.94. The van der Waals surface area contributed by atoms with E-state index in [-0.39, 0.29) is 5.91 Å². The van der Waals surface area contributed by atoms with Crippen molar-refractivity contribution in [1.29, 1.82) is 0 Å². The third-order valence-electron chi connectivity index (χ3n) is 5.26. The Morgan fingerprint density at radius 3 is 2.69 bits per heavy atom. The van der Waals surface area contributed by atoms with Gasteiger partial charge in [0.25, 0.3) is 5.91 Å². The van der Waals surface area contributed by atoms with E-state index in [1.165, 1.54) is 11.1 Å². The predicted octanol–water partition coefficient (Wildman–Crippen LogP) is 3.67. The van der Waals surface area contributed by atoms with Crippen LogP contribution in [0.5, 0.6) is 11.5 Å². The molecule has 0 fully saturated rings. The summed E-state index contributed by atoms with van der Waals surface area (Å²) >= 11 is 0. The van der Waals surface area contributed by atoms with Gasteiger partial charge in [-0.1, -0.05) is 24.3 Å². The summed E-state index contributed by atoms with van der Waals surface area (Å²) in [5, 5.41) is 2.93. The molecule has 0 spiro atoms. The monoisotopic (exact) mass is 387 g/mol. The zero-order valence-corrected chi connectivity index (χ0v) is 15.9. The first-order valence-electron chi connectivity index (χ1n) is 9.75. The number of rotatable bonds is 3. The lowest BCUT2D eigenvalue weighted by Crippen LogP contribution is -2.31. The van der Waals surface area contributed by atoms with Crippen molar-refractivity contribution >= 4 is 17.4 Å². The quantitative estimate of drug-likeness (QED) is 0.743. The van der Waals surface area contributed by atoms with E-state index in [0.717, 1.165) is 25.3 Å². The molecule has 0 bridgehead atoms. The molecule has 146 valence electrons. The average molecular weight is 387 g/mol. The van der Waals surface area contributed by atoms with Gasteiger partial charge in [-0.2, -0.15) is 0 Å². The number of nitrogens with zero attached hydrogens (tertiary/aromatic N) is 2. The van der Waals surface area contributed by atoms with Crippen LogP contribution in [0.2, 0.25) is 0 Å². The summed E-state index contributed by atoms with van der Waals surface area (Å²) in [6, 6.07) is 17.5. The van der Waals surface area contributed by atoms with E-state index in [0.29, 0.717) is 36.0 Å². The number of aromatic nitrogens is 1. The van der Waals surface area contributed by atoms with Gasteiger partial charge in [0.05, 0.1) is 0 Å². The average Bonchev–Trinajstić information content (AvgIpc) is 2.79. The Balaban J connectivity index is 1.33. The second-order valence-electron chi connectivity index (χ2n) is 7.16. The minimum absolute atomic E-state index is 0.178. The molecule has 2 aromatic carbocycles. The number of nitrogens with one attached hydrogen (secondary N) is 1. The Bertz CT molecular complexity index is 1070. The molecule has 1 aromatic heterocycles. The van der Waals surface area contributed by atoms with E-state index in [2.05, 4.69) is 39.5 Å². The van der Waals surface area contributed by atoms with Gasteiger partial charge in [0.1, 0.15) is 19.0 Å². The highest BCUT2D eigenvalue weighted by Crippen LogP contribution is 2.32. The second-order valence-corrected chi connectivity index (χ2v) is 7.16. The van der Waals surface area contributed by atoms with Crippen molar-refractivity contribution in [1.82, 2.24) is 4.98 Å². The van der Waals surface area contributed by atoms with Gasteiger partial charge in [0.15, 0.2) is 11.5 Å². The third-order valence-corrected chi connectivity index (χ3v) is 5.26. The predicted molar refractivity (Wildman–Crippen MR) is 111 cm³/mol. The van der Waals surface area contributed by atoms with Gasteiger partial charge in [0, 0.05) is 36.6 Å². The summed E-state index contributed by atoms with van der Waals surface area (Å²) < 4.78 is 11.1. The number of benzene rings is 2. The van der Waals surface area contributed by atoms with Crippen LogP contribution in [0.15, 0.2) is 60.8 Å². The lowest BCUT2D eigenvalue weighted by atomic mass is 10.00. The van der Waals surface area contributed by atoms with Gasteiger partial charge in [0.2, 0.25) is 0 Å². The molecule has 0 radical (unpaired) electrons. The maximum atomic E-state index is 12.8. The molecule has 29 heavy (non-hydrogen) atoms. The molecule has 0 atom stereocenters. The van der Waals surface area contributed by atoms with E-state index in [9.17, 15) is 4.79 Å². The lowest BCUT2D eigenvalue weighted by Gasteiger charge is -2.29. The summed E-state index contributed by atoms with van der Waals surface area (Å²) in [6.07, 6.45) is 2.67. The number of pyridine rings is 1. The highest BCUT2D eigenvalue weighted by molar-refractivity contribution is 6.04. The first-order chi connectivity index (χ1) is 14.3. The number of carbonyl (C=O) groups excluding carboxylic acids is 1. The van der Waals surface area contributed by atoms with Gasteiger partial charge in [-0.15, -0.1) is 0 Å². The molecular formula is C23H21N3O3. The zero-order valence-electron chi connectivity index (χ0n) is 15.9. The number of carbonyl (C=O) groups is 1. The van der Waals surface area contributed by atoms with E-state index < -0.39 is 0 Å². The molecule has 0 saturated carbocycles. The fourth-order valence-corrected chi connectivity index (χ4v) is 3.75. The molecule has 0 aliphatic carbocycles. The van der Waals surface area contributed by atoms with Gasteiger partial charge < -0.3 is 19.7 Å². The van der Waals surface area contributed by atoms with Gasteiger partial charge in [-0.05, 0) is 41.8 Å². The minimum Gasteiger partial charge on any atom is -0.486 e. The molecule has 6 heteroatoms. The van der Waals surface area contributed by atoms with Crippen molar-refractivity contribution in [3.8, 4) is 11.5 Å². The zero-order chi connectivity index (χ0) is 19.6. The molecule has 5 rings (SSSR count). The number of hydrogen-bond donors (Lipinski definition) is 1. The van der Waals surface area contributed by atoms with Crippen LogP contribution in [0, 0.1) is 0 Å². The van der Waals surface area contributed by atoms with E-state index in [1.54, 1.807) is 18.3 Å². The van der Waals surface area contributed by atoms with Crippen LogP contribution < -0.4 is 19.7 Å². The standard InChI is InChI=1S/C23H21N3O3/c27-23(25-19-5-6-20-21(14-19)29-12-11-28-20)17-7-9-24-22(13-17)26-10-8-16-3-1-2-4-18(16)15-26/h1-7,9,13-14H,8,10-12,15H2,(H,25,27). The van der Waals surface area contributed by atoms with E-state index in [1.807, 2.05) is 18.2 Å². The normalized spacial score (nSPS) is 14.8. The number of hydrogen-bond acceptors (Lipinski definition) is 5. The Morgan fingerprint density at radius 2 is 1.79 bits per heavy atom. The van der Waals surface area contributed by atoms with Gasteiger partial charge in [-0.25, -0.2) is 4.98 Å².